The van der Waals surface area contributed by atoms with Crippen LogP contribution >= 0.6 is 0 Å². The summed E-state index contributed by atoms with van der Waals surface area (Å²) >= 11 is 0. The molecule has 1 aromatic rings. The van der Waals surface area contributed by atoms with Gasteiger partial charge in [-0.05, 0) is 38.7 Å². The first kappa shape index (κ1) is 16.5. The van der Waals surface area contributed by atoms with Crippen LogP contribution in [0.2, 0.25) is 0 Å². The molecule has 0 heterocycles. The third-order valence-electron chi connectivity index (χ3n) is 3.81. The molecule has 0 aromatic heterocycles. The first-order chi connectivity index (χ1) is 10.5. The van der Waals surface area contributed by atoms with E-state index in [0.717, 1.165) is 24.8 Å². The second-order valence-corrected chi connectivity index (χ2v) is 6.03. The Balaban J connectivity index is 1.81. The van der Waals surface area contributed by atoms with Crippen molar-refractivity contribution in [2.24, 2.45) is 5.92 Å². The average Bonchev–Trinajstić information content (AvgIpc) is 3.28. The highest BCUT2D eigenvalue weighted by Gasteiger charge is 2.34. The highest BCUT2D eigenvalue weighted by Crippen LogP contribution is 2.28. The topological polar surface area (TPSA) is 78.4 Å². The molecule has 0 spiro atoms. The number of hydrogen-bond acceptors (Lipinski definition) is 3. The molecule has 1 aromatic carbocycles. The van der Waals surface area contributed by atoms with Gasteiger partial charge in [-0.3, -0.25) is 9.59 Å². The van der Waals surface area contributed by atoms with Crippen molar-refractivity contribution in [2.75, 3.05) is 6.54 Å². The van der Waals surface area contributed by atoms with Crippen molar-refractivity contribution in [3.05, 3.63) is 35.4 Å². The quantitative estimate of drug-likeness (QED) is 0.701. The van der Waals surface area contributed by atoms with E-state index in [2.05, 4.69) is 16.7 Å². The van der Waals surface area contributed by atoms with Crippen molar-refractivity contribution in [1.29, 1.82) is 0 Å². The number of aliphatic hydroxyl groups excluding tert-OH is 1. The number of carbonyl (C=O) groups is 2. The van der Waals surface area contributed by atoms with Gasteiger partial charge in [-0.15, -0.1) is 0 Å². The molecule has 0 radical (unpaired) electrons. The van der Waals surface area contributed by atoms with Crippen LogP contribution in [0.1, 0.15) is 30.9 Å². The highest BCUT2D eigenvalue weighted by molar-refractivity contribution is 5.89. The average molecular weight is 304 g/mol. The molecule has 2 amide bonds. The van der Waals surface area contributed by atoms with Crippen molar-refractivity contribution in [1.82, 2.24) is 10.6 Å². The first-order valence-corrected chi connectivity index (χ1v) is 7.79. The van der Waals surface area contributed by atoms with Crippen LogP contribution < -0.4 is 10.6 Å². The molecule has 1 aliphatic carbocycles. The van der Waals surface area contributed by atoms with Crippen LogP contribution in [0.3, 0.4) is 0 Å². The van der Waals surface area contributed by atoms with Gasteiger partial charge >= 0.3 is 0 Å². The summed E-state index contributed by atoms with van der Waals surface area (Å²) in [6.07, 6.45) is 1.54. The van der Waals surface area contributed by atoms with E-state index in [0.29, 0.717) is 6.54 Å². The minimum atomic E-state index is -0.915. The molecule has 2 atom stereocenters. The largest absolute Gasteiger partial charge is 0.391 e. The van der Waals surface area contributed by atoms with Crippen molar-refractivity contribution >= 4 is 11.8 Å². The van der Waals surface area contributed by atoms with Gasteiger partial charge in [0.15, 0.2) is 0 Å². The summed E-state index contributed by atoms with van der Waals surface area (Å²) in [7, 11) is 0. The molecule has 0 bridgehead atoms. The smallest absolute Gasteiger partial charge is 0.245 e. The van der Waals surface area contributed by atoms with Crippen molar-refractivity contribution in [3.63, 3.8) is 0 Å². The van der Waals surface area contributed by atoms with E-state index < -0.39 is 12.1 Å². The van der Waals surface area contributed by atoms with Gasteiger partial charge in [-0.25, -0.2) is 0 Å². The van der Waals surface area contributed by atoms with Crippen LogP contribution in [-0.2, 0) is 16.0 Å². The zero-order valence-electron chi connectivity index (χ0n) is 13.1. The molecule has 0 aliphatic heterocycles. The van der Waals surface area contributed by atoms with Gasteiger partial charge in [0.25, 0.3) is 0 Å². The van der Waals surface area contributed by atoms with Gasteiger partial charge in [0.1, 0.15) is 6.04 Å². The molecule has 120 valence electrons. The molecule has 3 N–H and O–H groups in total. The second kappa shape index (κ2) is 7.40. The number of amides is 2. The van der Waals surface area contributed by atoms with E-state index in [1.807, 2.05) is 25.1 Å². The third-order valence-corrected chi connectivity index (χ3v) is 3.81. The lowest BCUT2D eigenvalue weighted by Crippen LogP contribution is -2.53. The van der Waals surface area contributed by atoms with Crippen LogP contribution in [0.25, 0.3) is 0 Å². The monoisotopic (exact) mass is 304 g/mol. The summed E-state index contributed by atoms with van der Waals surface area (Å²) in [6, 6.07) is 7.22. The Bertz CT molecular complexity index is 538. The van der Waals surface area contributed by atoms with Gasteiger partial charge in [-0.1, -0.05) is 29.8 Å². The Morgan fingerprint density at radius 3 is 2.68 bits per heavy atom. The fourth-order valence-corrected chi connectivity index (χ4v) is 2.33. The lowest BCUT2D eigenvalue weighted by molar-refractivity contribution is -0.132. The Morgan fingerprint density at radius 2 is 2.09 bits per heavy atom. The van der Waals surface area contributed by atoms with Gasteiger partial charge in [-0.2, -0.15) is 0 Å². The SMILES string of the molecule is Cc1cccc(CCNC(=O)C(NC(=O)C2CC2)C(C)O)c1. The summed E-state index contributed by atoms with van der Waals surface area (Å²) in [4.78, 5) is 23.9. The zero-order chi connectivity index (χ0) is 16.1. The number of hydrogen-bond donors (Lipinski definition) is 3. The maximum Gasteiger partial charge on any atom is 0.245 e. The van der Waals surface area contributed by atoms with E-state index in [9.17, 15) is 14.7 Å². The second-order valence-electron chi connectivity index (χ2n) is 6.03. The molecule has 5 heteroatoms. The van der Waals surface area contributed by atoms with E-state index in [4.69, 9.17) is 0 Å². The fraction of sp³-hybridized carbons (Fsp3) is 0.529. The molecular formula is C17H24N2O3. The maximum atomic E-state index is 12.1. The summed E-state index contributed by atoms with van der Waals surface area (Å²) in [5, 5.41) is 15.1. The molecule has 22 heavy (non-hydrogen) atoms. The third kappa shape index (κ3) is 4.84. The lowest BCUT2D eigenvalue weighted by Gasteiger charge is -2.20. The van der Waals surface area contributed by atoms with E-state index in [1.165, 1.54) is 12.5 Å². The van der Waals surface area contributed by atoms with Gasteiger partial charge in [0.05, 0.1) is 6.10 Å². The van der Waals surface area contributed by atoms with Gasteiger partial charge < -0.3 is 15.7 Å². The lowest BCUT2D eigenvalue weighted by atomic mass is 10.1. The summed E-state index contributed by atoms with van der Waals surface area (Å²) in [5.74, 6) is -0.460. The Morgan fingerprint density at radius 1 is 1.36 bits per heavy atom. The van der Waals surface area contributed by atoms with Crippen LogP contribution in [0.15, 0.2) is 24.3 Å². The van der Waals surface area contributed by atoms with Crippen LogP contribution in [-0.4, -0.2) is 35.6 Å². The standard InChI is InChI=1S/C17H24N2O3/c1-11-4-3-5-13(10-11)8-9-18-17(22)15(12(2)20)19-16(21)14-6-7-14/h3-5,10,12,14-15,20H,6-9H2,1-2H3,(H,18,22)(H,19,21). The fourth-order valence-electron chi connectivity index (χ4n) is 2.33. The minimum Gasteiger partial charge on any atom is -0.391 e. The predicted octanol–water partition coefficient (Wildman–Crippen LogP) is 0.929. The number of rotatable bonds is 7. The van der Waals surface area contributed by atoms with Crippen molar-refractivity contribution in [3.8, 4) is 0 Å². The van der Waals surface area contributed by atoms with E-state index in [1.54, 1.807) is 0 Å². The number of aryl methyl sites for hydroxylation is 1. The Kier molecular flexibility index (Phi) is 5.55. The Hall–Kier alpha value is -1.88. The number of carbonyl (C=O) groups excluding carboxylic acids is 2. The van der Waals surface area contributed by atoms with Crippen LogP contribution in [0.4, 0.5) is 0 Å². The normalized spacial score (nSPS) is 16.7. The number of aliphatic hydroxyl groups is 1. The highest BCUT2D eigenvalue weighted by atomic mass is 16.3. The van der Waals surface area contributed by atoms with Gasteiger partial charge in [0, 0.05) is 12.5 Å². The molecule has 2 rings (SSSR count). The van der Waals surface area contributed by atoms with E-state index in [-0.39, 0.29) is 17.7 Å². The molecule has 1 saturated carbocycles. The summed E-state index contributed by atoms with van der Waals surface area (Å²) in [6.45, 7) is 4.02. The number of benzene rings is 1. The summed E-state index contributed by atoms with van der Waals surface area (Å²) < 4.78 is 0. The number of nitrogens with one attached hydrogen (secondary N) is 2. The maximum absolute atomic E-state index is 12.1. The molecule has 1 fully saturated rings. The molecular weight excluding hydrogens is 280 g/mol. The zero-order valence-corrected chi connectivity index (χ0v) is 13.1. The first-order valence-electron chi connectivity index (χ1n) is 7.79. The van der Waals surface area contributed by atoms with Crippen molar-refractivity contribution < 1.29 is 14.7 Å². The van der Waals surface area contributed by atoms with E-state index >= 15 is 0 Å². The Labute approximate surface area is 131 Å². The molecule has 1 aliphatic rings. The molecule has 5 nitrogen and oxygen atoms in total. The van der Waals surface area contributed by atoms with Crippen LogP contribution in [0.5, 0.6) is 0 Å². The minimum absolute atomic E-state index is 0.0151. The van der Waals surface area contributed by atoms with Crippen molar-refractivity contribution in [2.45, 2.75) is 45.3 Å². The molecule has 2 unspecified atom stereocenters. The summed E-state index contributed by atoms with van der Waals surface area (Å²) in [5.41, 5.74) is 2.33. The van der Waals surface area contributed by atoms with Crippen LogP contribution in [0, 0.1) is 12.8 Å². The predicted molar refractivity (Wildman–Crippen MR) is 84.2 cm³/mol. The molecule has 0 saturated heterocycles. The van der Waals surface area contributed by atoms with Gasteiger partial charge in [0.2, 0.25) is 11.8 Å².